The number of nitrogens with one attached hydrogen (secondary N) is 2. The molecule has 2 rings (SSSR count). The van der Waals surface area contributed by atoms with Crippen LogP contribution < -0.4 is 10.6 Å². The Balaban J connectivity index is 2.05. The van der Waals surface area contributed by atoms with Gasteiger partial charge in [0.05, 0.1) is 22.9 Å². The van der Waals surface area contributed by atoms with Gasteiger partial charge in [0.15, 0.2) is 0 Å². The zero-order valence-corrected chi connectivity index (χ0v) is 11.3. The van der Waals surface area contributed by atoms with Gasteiger partial charge in [-0.05, 0) is 24.6 Å². The lowest BCUT2D eigenvalue weighted by atomic mass is 10.2. The SMILES string of the molecule is O=C(Nc1cc(Br)ccc1Cl)C1CC(O)CN1. The van der Waals surface area contributed by atoms with E-state index in [1.165, 1.54) is 0 Å². The molecule has 0 spiro atoms. The maximum absolute atomic E-state index is 11.9. The molecule has 4 nitrogen and oxygen atoms in total. The normalized spacial score (nSPS) is 23.7. The highest BCUT2D eigenvalue weighted by Gasteiger charge is 2.28. The van der Waals surface area contributed by atoms with Crippen molar-refractivity contribution < 1.29 is 9.90 Å². The van der Waals surface area contributed by atoms with Crippen LogP contribution in [0.2, 0.25) is 5.02 Å². The molecule has 0 saturated carbocycles. The third kappa shape index (κ3) is 3.19. The zero-order chi connectivity index (χ0) is 12.4. The van der Waals surface area contributed by atoms with Gasteiger partial charge >= 0.3 is 0 Å². The van der Waals surface area contributed by atoms with Crippen molar-refractivity contribution >= 4 is 39.1 Å². The van der Waals surface area contributed by atoms with Gasteiger partial charge in [0, 0.05) is 11.0 Å². The molecule has 1 amide bonds. The number of rotatable bonds is 2. The number of carbonyl (C=O) groups is 1. The maximum atomic E-state index is 11.9. The molecule has 1 aromatic carbocycles. The van der Waals surface area contributed by atoms with Gasteiger partial charge in [0.1, 0.15) is 0 Å². The first-order valence-electron chi connectivity index (χ1n) is 5.23. The molecule has 0 bridgehead atoms. The van der Waals surface area contributed by atoms with Gasteiger partial charge in [-0.3, -0.25) is 4.79 Å². The largest absolute Gasteiger partial charge is 0.392 e. The lowest BCUT2D eigenvalue weighted by molar-refractivity contribution is -0.117. The van der Waals surface area contributed by atoms with Crippen LogP contribution in [-0.4, -0.2) is 29.7 Å². The highest BCUT2D eigenvalue weighted by molar-refractivity contribution is 9.10. The molecule has 17 heavy (non-hydrogen) atoms. The molecule has 2 unspecified atom stereocenters. The van der Waals surface area contributed by atoms with Crippen LogP contribution in [0.3, 0.4) is 0 Å². The summed E-state index contributed by atoms with van der Waals surface area (Å²) in [5.41, 5.74) is 0.564. The van der Waals surface area contributed by atoms with Crippen LogP contribution in [0, 0.1) is 0 Å². The average molecular weight is 320 g/mol. The van der Waals surface area contributed by atoms with Crippen LogP contribution in [-0.2, 0) is 4.79 Å². The van der Waals surface area contributed by atoms with Gasteiger partial charge in [0.2, 0.25) is 5.91 Å². The molecule has 1 aromatic rings. The number of benzene rings is 1. The van der Waals surface area contributed by atoms with Crippen molar-refractivity contribution in [3.05, 3.63) is 27.7 Å². The molecule has 92 valence electrons. The minimum absolute atomic E-state index is 0.179. The number of amides is 1. The summed E-state index contributed by atoms with van der Waals surface area (Å²) < 4.78 is 0.844. The fourth-order valence-electron chi connectivity index (χ4n) is 1.73. The summed E-state index contributed by atoms with van der Waals surface area (Å²) in [7, 11) is 0. The van der Waals surface area contributed by atoms with E-state index in [9.17, 15) is 9.90 Å². The standard InChI is InChI=1S/C11H12BrClN2O2/c12-6-1-2-8(13)9(3-6)15-11(17)10-4-7(16)5-14-10/h1-3,7,10,14,16H,4-5H2,(H,15,17). The van der Waals surface area contributed by atoms with Crippen LogP contribution in [0.4, 0.5) is 5.69 Å². The quantitative estimate of drug-likeness (QED) is 0.778. The summed E-state index contributed by atoms with van der Waals surface area (Å²) in [6.45, 7) is 0.449. The highest BCUT2D eigenvalue weighted by Crippen LogP contribution is 2.26. The van der Waals surface area contributed by atoms with Crippen molar-refractivity contribution in [2.45, 2.75) is 18.6 Å². The predicted octanol–water partition coefficient (Wildman–Crippen LogP) is 1.76. The van der Waals surface area contributed by atoms with Gasteiger partial charge in [-0.2, -0.15) is 0 Å². The van der Waals surface area contributed by atoms with Crippen molar-refractivity contribution in [3.63, 3.8) is 0 Å². The number of hydrogen-bond acceptors (Lipinski definition) is 3. The molecule has 1 saturated heterocycles. The van der Waals surface area contributed by atoms with E-state index in [-0.39, 0.29) is 11.9 Å². The highest BCUT2D eigenvalue weighted by atomic mass is 79.9. The molecule has 6 heteroatoms. The smallest absolute Gasteiger partial charge is 0.241 e. The molecule has 0 radical (unpaired) electrons. The molecule has 2 atom stereocenters. The van der Waals surface area contributed by atoms with E-state index >= 15 is 0 Å². The maximum Gasteiger partial charge on any atom is 0.241 e. The Hall–Kier alpha value is -0.620. The lowest BCUT2D eigenvalue weighted by Gasteiger charge is -2.12. The van der Waals surface area contributed by atoms with Gasteiger partial charge in [-0.1, -0.05) is 27.5 Å². The number of β-amino-alcohol motifs (C(OH)–C–C–N with tert-alkyl or cyclic N) is 1. The summed E-state index contributed by atoms with van der Waals surface area (Å²) in [4.78, 5) is 11.9. The zero-order valence-electron chi connectivity index (χ0n) is 8.91. The van der Waals surface area contributed by atoms with Crippen molar-refractivity contribution in [1.29, 1.82) is 0 Å². The number of carbonyl (C=O) groups excluding carboxylic acids is 1. The molecule has 1 aliphatic rings. The van der Waals surface area contributed by atoms with Crippen molar-refractivity contribution in [2.75, 3.05) is 11.9 Å². The Morgan fingerprint density at radius 3 is 3.00 bits per heavy atom. The van der Waals surface area contributed by atoms with Crippen LogP contribution in [0.1, 0.15) is 6.42 Å². The van der Waals surface area contributed by atoms with E-state index in [0.29, 0.717) is 23.7 Å². The van der Waals surface area contributed by atoms with E-state index in [0.717, 1.165) is 4.47 Å². The van der Waals surface area contributed by atoms with Crippen LogP contribution in [0.25, 0.3) is 0 Å². The number of hydrogen-bond donors (Lipinski definition) is 3. The summed E-state index contributed by atoms with van der Waals surface area (Å²) in [5, 5.41) is 15.5. The predicted molar refractivity (Wildman–Crippen MR) is 70.2 cm³/mol. The van der Waals surface area contributed by atoms with Crippen LogP contribution in [0.15, 0.2) is 22.7 Å². The summed E-state index contributed by atoms with van der Waals surface area (Å²) in [5.74, 6) is -0.179. The number of aliphatic hydroxyl groups is 1. The minimum Gasteiger partial charge on any atom is -0.392 e. The fraction of sp³-hybridized carbons (Fsp3) is 0.364. The lowest BCUT2D eigenvalue weighted by Crippen LogP contribution is -2.35. The van der Waals surface area contributed by atoms with Gasteiger partial charge < -0.3 is 15.7 Å². The second-order valence-corrected chi connectivity index (χ2v) is 5.29. The van der Waals surface area contributed by atoms with E-state index in [1.807, 2.05) is 0 Å². The van der Waals surface area contributed by atoms with Crippen molar-refractivity contribution in [1.82, 2.24) is 5.32 Å². The molecule has 1 heterocycles. The summed E-state index contributed by atoms with van der Waals surface area (Å²) in [6, 6.07) is 4.89. The molecular formula is C11H12BrClN2O2. The molecule has 0 aromatic heterocycles. The monoisotopic (exact) mass is 318 g/mol. The Kier molecular flexibility index (Phi) is 4.04. The van der Waals surface area contributed by atoms with E-state index in [4.69, 9.17) is 11.6 Å². The Morgan fingerprint density at radius 2 is 2.35 bits per heavy atom. The topological polar surface area (TPSA) is 61.4 Å². The first-order chi connectivity index (χ1) is 8.06. The Labute approximate surface area is 112 Å². The number of halogens is 2. The van der Waals surface area contributed by atoms with E-state index in [2.05, 4.69) is 26.6 Å². The summed E-state index contributed by atoms with van der Waals surface area (Å²) >= 11 is 9.28. The number of anilines is 1. The first-order valence-corrected chi connectivity index (χ1v) is 6.40. The van der Waals surface area contributed by atoms with E-state index in [1.54, 1.807) is 18.2 Å². The molecule has 1 fully saturated rings. The average Bonchev–Trinajstić information content (AvgIpc) is 2.70. The summed E-state index contributed by atoms with van der Waals surface area (Å²) in [6.07, 6.45) is -0.0268. The second-order valence-electron chi connectivity index (χ2n) is 3.96. The third-order valence-corrected chi connectivity index (χ3v) is 3.43. The van der Waals surface area contributed by atoms with Crippen molar-refractivity contribution in [3.8, 4) is 0 Å². The number of aliphatic hydroxyl groups excluding tert-OH is 1. The first kappa shape index (κ1) is 12.8. The fourth-order valence-corrected chi connectivity index (χ4v) is 2.26. The van der Waals surface area contributed by atoms with Gasteiger partial charge in [0.25, 0.3) is 0 Å². The second kappa shape index (κ2) is 5.35. The molecular weight excluding hydrogens is 307 g/mol. The molecule has 0 aliphatic carbocycles. The van der Waals surface area contributed by atoms with Gasteiger partial charge in [-0.25, -0.2) is 0 Å². The Bertz CT molecular complexity index is 441. The van der Waals surface area contributed by atoms with Crippen LogP contribution >= 0.6 is 27.5 Å². The third-order valence-electron chi connectivity index (χ3n) is 2.61. The van der Waals surface area contributed by atoms with E-state index < -0.39 is 6.10 Å². The molecule has 1 aliphatic heterocycles. The van der Waals surface area contributed by atoms with Gasteiger partial charge in [-0.15, -0.1) is 0 Å². The minimum atomic E-state index is -0.455. The van der Waals surface area contributed by atoms with Crippen molar-refractivity contribution in [2.24, 2.45) is 0 Å². The van der Waals surface area contributed by atoms with Crippen LogP contribution in [0.5, 0.6) is 0 Å². The Morgan fingerprint density at radius 1 is 1.59 bits per heavy atom. The molecule has 3 N–H and O–H groups in total.